The molecular weight excluding hydrogens is 598 g/mol. The van der Waals surface area contributed by atoms with Gasteiger partial charge in [0.25, 0.3) is 0 Å². The van der Waals surface area contributed by atoms with Crippen LogP contribution in [0.3, 0.4) is 0 Å². The van der Waals surface area contributed by atoms with Crippen molar-refractivity contribution in [2.24, 2.45) is 0 Å². The predicted molar refractivity (Wildman–Crippen MR) is 162 cm³/mol. The molecule has 0 saturated heterocycles. The van der Waals surface area contributed by atoms with Crippen LogP contribution in [0.25, 0.3) is 56.4 Å². The van der Waals surface area contributed by atoms with Gasteiger partial charge in [0.15, 0.2) is 17.5 Å². The van der Waals surface area contributed by atoms with Crippen LogP contribution in [0.4, 0.5) is 0 Å². The normalized spacial score (nSPS) is 10.9. The van der Waals surface area contributed by atoms with Crippen molar-refractivity contribution in [1.29, 1.82) is 0 Å². The fourth-order valence-electron chi connectivity index (χ4n) is 4.38. The molecule has 0 amide bonds. The Morgan fingerprint density at radius 1 is 0.316 bits per heavy atom. The molecule has 5 aromatic carbocycles. The third-order valence-corrected chi connectivity index (χ3v) is 7.13. The number of hydrogen-bond acceptors (Lipinski definition) is 3. The SMILES string of the molecule is Brc1cc(Br)cc(-c2nc(-c3cccc(-c4ccccc4)c3)nc(-c3cccc(-c4ccccc4)c3)n2)c1. The summed E-state index contributed by atoms with van der Waals surface area (Å²) in [5.74, 6) is 1.87. The zero-order chi connectivity index (χ0) is 25.9. The molecule has 0 N–H and O–H groups in total. The lowest BCUT2D eigenvalue weighted by Gasteiger charge is -2.11. The fraction of sp³-hybridized carbons (Fsp3) is 0. The molecule has 0 unspecified atom stereocenters. The third kappa shape index (κ3) is 5.35. The highest BCUT2D eigenvalue weighted by atomic mass is 79.9. The van der Waals surface area contributed by atoms with Gasteiger partial charge in [-0.05, 0) is 52.6 Å². The first-order valence-electron chi connectivity index (χ1n) is 12.2. The lowest BCUT2D eigenvalue weighted by atomic mass is 10.0. The number of aromatic nitrogens is 3. The number of hydrogen-bond donors (Lipinski definition) is 0. The van der Waals surface area contributed by atoms with E-state index in [0.717, 1.165) is 47.9 Å². The Morgan fingerprint density at radius 2 is 0.684 bits per heavy atom. The van der Waals surface area contributed by atoms with Gasteiger partial charge in [-0.1, -0.05) is 129 Å². The van der Waals surface area contributed by atoms with Gasteiger partial charge < -0.3 is 0 Å². The average Bonchev–Trinajstić information content (AvgIpc) is 2.97. The molecule has 6 rings (SSSR count). The Balaban J connectivity index is 1.52. The van der Waals surface area contributed by atoms with Crippen LogP contribution in [0, 0.1) is 0 Å². The van der Waals surface area contributed by atoms with Crippen LogP contribution < -0.4 is 0 Å². The van der Waals surface area contributed by atoms with Crippen molar-refractivity contribution in [2.45, 2.75) is 0 Å². The summed E-state index contributed by atoms with van der Waals surface area (Å²) < 4.78 is 1.89. The minimum Gasteiger partial charge on any atom is -0.208 e. The van der Waals surface area contributed by atoms with E-state index < -0.39 is 0 Å². The summed E-state index contributed by atoms with van der Waals surface area (Å²) in [6, 6.07) is 43.4. The van der Waals surface area contributed by atoms with Gasteiger partial charge in [0, 0.05) is 25.6 Å². The fourth-order valence-corrected chi connectivity index (χ4v) is 5.68. The first-order chi connectivity index (χ1) is 18.6. The summed E-state index contributed by atoms with van der Waals surface area (Å²) in [6.45, 7) is 0. The number of benzene rings is 5. The molecule has 1 aromatic heterocycles. The van der Waals surface area contributed by atoms with E-state index in [1.165, 1.54) is 0 Å². The standard InChI is InChI=1S/C33H21Br2N3/c34-29-19-28(20-30(35)21-29)33-37-31(26-15-7-13-24(17-26)22-9-3-1-4-10-22)36-32(38-33)27-16-8-14-25(18-27)23-11-5-2-6-12-23/h1-21H. The summed E-state index contributed by atoms with van der Waals surface area (Å²) >= 11 is 7.21. The van der Waals surface area contributed by atoms with E-state index in [2.05, 4.69) is 80.4 Å². The minimum absolute atomic E-state index is 0.613. The Hall–Kier alpha value is -3.93. The lowest BCUT2D eigenvalue weighted by molar-refractivity contribution is 1.07. The van der Waals surface area contributed by atoms with Crippen LogP contribution in [0.1, 0.15) is 0 Å². The van der Waals surface area contributed by atoms with Crippen LogP contribution in [0.5, 0.6) is 0 Å². The summed E-state index contributed by atoms with van der Waals surface area (Å²) in [4.78, 5) is 14.8. The summed E-state index contributed by atoms with van der Waals surface area (Å²) in [5.41, 5.74) is 7.29. The molecular formula is C33H21Br2N3. The molecule has 1 heterocycles. The van der Waals surface area contributed by atoms with Gasteiger partial charge in [-0.2, -0.15) is 0 Å². The maximum atomic E-state index is 4.97. The predicted octanol–water partition coefficient (Wildman–Crippen LogP) is 9.73. The highest BCUT2D eigenvalue weighted by molar-refractivity contribution is 9.11. The molecule has 5 heteroatoms. The van der Waals surface area contributed by atoms with Crippen molar-refractivity contribution >= 4 is 31.9 Å². The van der Waals surface area contributed by atoms with Crippen molar-refractivity contribution in [3.63, 3.8) is 0 Å². The summed E-state index contributed by atoms with van der Waals surface area (Å²) in [5, 5.41) is 0. The lowest BCUT2D eigenvalue weighted by Crippen LogP contribution is -2.00. The average molecular weight is 619 g/mol. The van der Waals surface area contributed by atoms with Gasteiger partial charge in [0.1, 0.15) is 0 Å². The van der Waals surface area contributed by atoms with Gasteiger partial charge in [-0.3, -0.25) is 0 Å². The molecule has 0 spiro atoms. The molecule has 0 aliphatic heterocycles. The largest absolute Gasteiger partial charge is 0.208 e. The molecule has 38 heavy (non-hydrogen) atoms. The van der Waals surface area contributed by atoms with Crippen LogP contribution >= 0.6 is 31.9 Å². The van der Waals surface area contributed by atoms with Crippen LogP contribution in [-0.4, -0.2) is 15.0 Å². The molecule has 0 fully saturated rings. The highest BCUT2D eigenvalue weighted by Gasteiger charge is 2.14. The van der Waals surface area contributed by atoms with Gasteiger partial charge in [0.2, 0.25) is 0 Å². The van der Waals surface area contributed by atoms with Gasteiger partial charge in [0.05, 0.1) is 0 Å². The van der Waals surface area contributed by atoms with E-state index in [1.807, 2.05) is 78.9 Å². The van der Waals surface area contributed by atoms with Crippen molar-refractivity contribution in [2.75, 3.05) is 0 Å². The number of rotatable bonds is 5. The summed E-state index contributed by atoms with van der Waals surface area (Å²) in [7, 11) is 0. The smallest absolute Gasteiger partial charge is 0.164 e. The first kappa shape index (κ1) is 24.4. The van der Waals surface area contributed by atoms with E-state index in [4.69, 9.17) is 15.0 Å². The van der Waals surface area contributed by atoms with E-state index in [0.29, 0.717) is 17.5 Å². The molecule has 0 aliphatic rings. The Labute approximate surface area is 238 Å². The quantitative estimate of drug-likeness (QED) is 0.193. The second kappa shape index (κ2) is 10.8. The van der Waals surface area contributed by atoms with Crippen molar-refractivity contribution in [3.8, 4) is 56.4 Å². The van der Waals surface area contributed by atoms with Gasteiger partial charge in [-0.25, -0.2) is 15.0 Å². The Bertz CT molecular complexity index is 1610. The van der Waals surface area contributed by atoms with Gasteiger partial charge in [-0.15, -0.1) is 0 Å². The van der Waals surface area contributed by atoms with Crippen LogP contribution in [0.2, 0.25) is 0 Å². The summed E-state index contributed by atoms with van der Waals surface area (Å²) in [6.07, 6.45) is 0. The third-order valence-electron chi connectivity index (χ3n) is 6.21. The monoisotopic (exact) mass is 617 g/mol. The van der Waals surface area contributed by atoms with Gasteiger partial charge >= 0.3 is 0 Å². The van der Waals surface area contributed by atoms with Crippen molar-refractivity contribution < 1.29 is 0 Å². The molecule has 0 aliphatic carbocycles. The maximum Gasteiger partial charge on any atom is 0.164 e. The number of nitrogens with zero attached hydrogens (tertiary/aromatic N) is 3. The molecule has 3 nitrogen and oxygen atoms in total. The molecule has 6 aromatic rings. The molecule has 182 valence electrons. The van der Waals surface area contributed by atoms with E-state index in [1.54, 1.807) is 0 Å². The minimum atomic E-state index is 0.613. The zero-order valence-electron chi connectivity index (χ0n) is 20.2. The van der Waals surface area contributed by atoms with E-state index in [9.17, 15) is 0 Å². The van der Waals surface area contributed by atoms with Crippen LogP contribution in [-0.2, 0) is 0 Å². The van der Waals surface area contributed by atoms with E-state index in [-0.39, 0.29) is 0 Å². The molecule has 0 saturated carbocycles. The molecule has 0 radical (unpaired) electrons. The maximum absolute atomic E-state index is 4.97. The van der Waals surface area contributed by atoms with E-state index >= 15 is 0 Å². The Kier molecular flexibility index (Phi) is 6.95. The second-order valence-corrected chi connectivity index (χ2v) is 10.7. The van der Waals surface area contributed by atoms with Crippen molar-refractivity contribution in [3.05, 3.63) is 136 Å². The molecule has 0 atom stereocenters. The second-order valence-electron chi connectivity index (χ2n) is 8.86. The Morgan fingerprint density at radius 3 is 1.13 bits per heavy atom. The molecule has 0 bridgehead atoms. The number of halogens is 2. The highest BCUT2D eigenvalue weighted by Crippen LogP contribution is 2.31. The topological polar surface area (TPSA) is 38.7 Å². The van der Waals surface area contributed by atoms with Crippen LogP contribution in [0.15, 0.2) is 136 Å². The first-order valence-corrected chi connectivity index (χ1v) is 13.8. The van der Waals surface area contributed by atoms with Crippen molar-refractivity contribution in [1.82, 2.24) is 15.0 Å². The zero-order valence-corrected chi connectivity index (χ0v) is 23.4.